The number of esters is 1. The lowest BCUT2D eigenvalue weighted by atomic mass is 10.0. The summed E-state index contributed by atoms with van der Waals surface area (Å²) < 4.78 is 7.05. The number of para-hydroxylation sites is 1. The van der Waals surface area contributed by atoms with Gasteiger partial charge in [-0.25, -0.2) is 4.79 Å². The Hall–Kier alpha value is -1.56. The van der Waals surface area contributed by atoms with Crippen molar-refractivity contribution >= 4 is 93.1 Å². The molecule has 32 heavy (non-hydrogen) atoms. The number of benzene rings is 2. The number of imide groups is 1. The fourth-order valence-corrected chi connectivity index (χ4v) is 5.69. The van der Waals surface area contributed by atoms with Crippen LogP contribution in [0, 0.1) is 5.92 Å². The van der Waals surface area contributed by atoms with Crippen molar-refractivity contribution in [2.24, 2.45) is 5.92 Å². The molecule has 1 aliphatic rings. The number of carbonyl (C=O) groups is 4. The number of rotatable bonds is 6. The molecule has 1 aliphatic heterocycles. The second kappa shape index (κ2) is 10.1. The Morgan fingerprint density at radius 2 is 1.41 bits per heavy atom. The van der Waals surface area contributed by atoms with Crippen LogP contribution in [-0.2, 0) is 14.3 Å². The van der Waals surface area contributed by atoms with Crippen molar-refractivity contribution in [3.05, 3.63) is 59.3 Å². The summed E-state index contributed by atoms with van der Waals surface area (Å²) >= 11 is 13.4. The Bertz CT molecular complexity index is 1070. The van der Waals surface area contributed by atoms with E-state index >= 15 is 0 Å². The van der Waals surface area contributed by atoms with E-state index in [1.807, 2.05) is 0 Å². The second-order valence-corrected chi connectivity index (χ2v) is 10.4. The van der Waals surface area contributed by atoms with E-state index in [1.54, 1.807) is 44.2 Å². The lowest BCUT2D eigenvalue weighted by Crippen LogP contribution is -2.49. The molecule has 1 atom stereocenters. The van der Waals surface area contributed by atoms with Crippen molar-refractivity contribution in [1.82, 2.24) is 4.90 Å². The maximum atomic E-state index is 13.2. The summed E-state index contributed by atoms with van der Waals surface area (Å²) in [5.41, 5.74) is 0.828. The molecule has 1 heterocycles. The zero-order valence-corrected chi connectivity index (χ0v) is 23.1. The highest BCUT2D eigenvalue weighted by Crippen LogP contribution is 2.46. The van der Waals surface area contributed by atoms with Crippen molar-refractivity contribution in [3.8, 4) is 0 Å². The zero-order chi connectivity index (χ0) is 23.7. The van der Waals surface area contributed by atoms with E-state index in [0.717, 1.165) is 4.90 Å². The van der Waals surface area contributed by atoms with Crippen LogP contribution < -0.4 is 5.32 Å². The van der Waals surface area contributed by atoms with E-state index in [9.17, 15) is 19.2 Å². The Morgan fingerprint density at radius 1 is 0.906 bits per heavy atom. The number of hydrogen-bond acceptors (Lipinski definition) is 5. The summed E-state index contributed by atoms with van der Waals surface area (Å²) in [7, 11) is 0. The summed E-state index contributed by atoms with van der Waals surface area (Å²) in [5, 5.41) is 2.61. The predicted octanol–water partition coefficient (Wildman–Crippen LogP) is 5.54. The number of carbonyl (C=O) groups excluding carboxylic acids is 4. The summed E-state index contributed by atoms with van der Waals surface area (Å²) in [6.07, 6.45) is 0. The third kappa shape index (κ3) is 4.71. The van der Waals surface area contributed by atoms with E-state index in [1.165, 1.54) is 0 Å². The number of nitrogens with one attached hydrogen (secondary N) is 1. The largest absolute Gasteiger partial charge is 0.454 e. The Kier molecular flexibility index (Phi) is 7.95. The molecule has 0 saturated heterocycles. The number of anilines is 1. The molecule has 0 aliphatic carbocycles. The number of fused-ring (bicyclic) bond motifs is 1. The molecule has 2 aromatic carbocycles. The number of hydrogen-bond donors (Lipinski definition) is 1. The van der Waals surface area contributed by atoms with E-state index < -0.39 is 42.3 Å². The first-order valence-electron chi connectivity index (χ1n) is 9.31. The average molecular weight is 696 g/mol. The molecule has 0 saturated carbocycles. The minimum atomic E-state index is -1.21. The van der Waals surface area contributed by atoms with Crippen LogP contribution in [0.3, 0.4) is 0 Å². The van der Waals surface area contributed by atoms with Gasteiger partial charge in [0.2, 0.25) is 0 Å². The highest BCUT2D eigenvalue weighted by Gasteiger charge is 2.47. The smallest absolute Gasteiger partial charge is 0.330 e. The first kappa shape index (κ1) is 25.1. The lowest BCUT2D eigenvalue weighted by molar-refractivity contribution is -0.152. The third-order valence-corrected chi connectivity index (χ3v) is 9.45. The molecule has 7 nitrogen and oxygen atoms in total. The summed E-state index contributed by atoms with van der Waals surface area (Å²) in [6, 6.07) is 7.50. The minimum absolute atomic E-state index is 0.136. The van der Waals surface area contributed by atoms with E-state index in [-0.39, 0.29) is 11.1 Å². The van der Waals surface area contributed by atoms with Gasteiger partial charge in [0.15, 0.2) is 6.61 Å². The topological polar surface area (TPSA) is 92.8 Å². The Balaban J connectivity index is 1.82. The summed E-state index contributed by atoms with van der Waals surface area (Å²) in [6.45, 7) is 2.83. The average Bonchev–Trinajstić information content (AvgIpc) is 3.00. The molecule has 11 heteroatoms. The van der Waals surface area contributed by atoms with Crippen molar-refractivity contribution in [2.75, 3.05) is 11.9 Å². The molecular weight excluding hydrogens is 680 g/mol. The van der Waals surface area contributed by atoms with Gasteiger partial charge in [0, 0.05) is 23.6 Å². The van der Waals surface area contributed by atoms with E-state index in [4.69, 9.17) is 4.74 Å². The third-order valence-electron chi connectivity index (χ3n) is 4.69. The van der Waals surface area contributed by atoms with Gasteiger partial charge >= 0.3 is 5.97 Å². The van der Waals surface area contributed by atoms with Crippen molar-refractivity contribution in [3.63, 3.8) is 0 Å². The van der Waals surface area contributed by atoms with Gasteiger partial charge in [-0.2, -0.15) is 0 Å². The van der Waals surface area contributed by atoms with E-state index in [0.29, 0.717) is 23.6 Å². The molecule has 168 valence electrons. The molecule has 3 rings (SSSR count). The van der Waals surface area contributed by atoms with Crippen molar-refractivity contribution < 1.29 is 23.9 Å². The van der Waals surface area contributed by atoms with Crippen LogP contribution in [0.4, 0.5) is 5.69 Å². The van der Waals surface area contributed by atoms with Gasteiger partial charge in [-0.05, 0) is 81.8 Å². The highest BCUT2D eigenvalue weighted by molar-refractivity contribution is 9.15. The maximum Gasteiger partial charge on any atom is 0.330 e. The van der Waals surface area contributed by atoms with Gasteiger partial charge in [-0.15, -0.1) is 0 Å². The highest BCUT2D eigenvalue weighted by atomic mass is 79.9. The number of amides is 3. The van der Waals surface area contributed by atoms with Crippen LogP contribution >= 0.6 is 63.7 Å². The SMILES string of the molecule is CC(C)[C@@H](C(=O)OCC(=O)Nc1ccccc1)N1C(=O)c2c(Br)c(Br)c(Br)c(Br)c2C1=O. The van der Waals surface area contributed by atoms with Gasteiger partial charge in [-0.1, -0.05) is 32.0 Å². The summed E-state index contributed by atoms with van der Waals surface area (Å²) in [4.78, 5) is 52.3. The predicted molar refractivity (Wildman–Crippen MR) is 132 cm³/mol. The Morgan fingerprint density at radius 3 is 1.88 bits per heavy atom. The van der Waals surface area contributed by atoms with Gasteiger partial charge in [-0.3, -0.25) is 19.3 Å². The number of nitrogens with zero attached hydrogens (tertiary/aromatic N) is 1. The molecule has 0 spiro atoms. The van der Waals surface area contributed by atoms with Crippen LogP contribution in [0.25, 0.3) is 0 Å². The van der Waals surface area contributed by atoms with Gasteiger partial charge in [0.1, 0.15) is 6.04 Å². The lowest BCUT2D eigenvalue weighted by Gasteiger charge is -2.27. The molecule has 0 radical (unpaired) electrons. The standard InChI is InChI=1S/C21H16Br4N2O5/c1-9(2)18(21(31)32-8-11(28)26-10-6-4-3-5-7-10)27-19(29)12-13(20(27)30)15(23)17(25)16(24)14(12)22/h3-7,9,18H,8H2,1-2H3,(H,26,28)/t18-/m0/s1. The zero-order valence-electron chi connectivity index (χ0n) is 16.7. The van der Waals surface area contributed by atoms with Gasteiger partial charge < -0.3 is 10.1 Å². The van der Waals surface area contributed by atoms with Crippen LogP contribution in [0.15, 0.2) is 48.2 Å². The van der Waals surface area contributed by atoms with E-state index in [2.05, 4.69) is 69.0 Å². The molecule has 0 unspecified atom stereocenters. The van der Waals surface area contributed by atoms with Crippen molar-refractivity contribution in [2.45, 2.75) is 19.9 Å². The van der Waals surface area contributed by atoms with Crippen LogP contribution in [0.5, 0.6) is 0 Å². The fourth-order valence-electron chi connectivity index (χ4n) is 3.24. The van der Waals surface area contributed by atoms with Gasteiger partial charge in [0.05, 0.1) is 11.1 Å². The molecule has 3 amide bonds. The first-order valence-corrected chi connectivity index (χ1v) is 12.5. The van der Waals surface area contributed by atoms with Crippen molar-refractivity contribution in [1.29, 1.82) is 0 Å². The van der Waals surface area contributed by atoms with Crippen LogP contribution in [0.1, 0.15) is 34.6 Å². The molecule has 1 N–H and O–H groups in total. The molecular formula is C21H16Br4N2O5. The summed E-state index contributed by atoms with van der Waals surface area (Å²) in [5.74, 6) is -3.09. The molecule has 2 aromatic rings. The minimum Gasteiger partial charge on any atom is -0.454 e. The molecule has 0 fully saturated rings. The van der Waals surface area contributed by atoms with Crippen LogP contribution in [-0.4, -0.2) is 41.2 Å². The monoisotopic (exact) mass is 692 g/mol. The second-order valence-electron chi connectivity index (χ2n) is 7.20. The molecule has 0 aromatic heterocycles. The maximum absolute atomic E-state index is 13.2. The number of ether oxygens (including phenoxy) is 1. The van der Waals surface area contributed by atoms with Crippen LogP contribution in [0.2, 0.25) is 0 Å². The van der Waals surface area contributed by atoms with Gasteiger partial charge in [0.25, 0.3) is 17.7 Å². The Labute approximate surface area is 217 Å². The molecule has 0 bridgehead atoms. The first-order chi connectivity index (χ1) is 15.1. The fraction of sp³-hybridized carbons (Fsp3) is 0.238. The quantitative estimate of drug-likeness (QED) is 0.186. The normalized spacial score (nSPS) is 13.9. The number of halogens is 4.